The molecule has 1 aromatic heterocycles. The highest BCUT2D eigenvalue weighted by molar-refractivity contribution is 5.70. The van der Waals surface area contributed by atoms with Crippen LogP contribution < -0.4 is 5.32 Å². The van der Waals surface area contributed by atoms with Crippen LogP contribution in [0.4, 0.5) is 0 Å². The molecular weight excluding hydrogens is 280 g/mol. The Morgan fingerprint density at radius 2 is 2.18 bits per heavy atom. The molecule has 0 saturated carbocycles. The van der Waals surface area contributed by atoms with Crippen LogP contribution in [-0.2, 0) is 16.1 Å². The number of carbonyl (C=O) groups is 1. The van der Waals surface area contributed by atoms with Crippen LogP contribution in [0.3, 0.4) is 0 Å². The van der Waals surface area contributed by atoms with Crippen LogP contribution in [-0.4, -0.2) is 23.6 Å². The number of hydrogen-bond donors (Lipinski definition) is 1. The van der Waals surface area contributed by atoms with E-state index in [1.807, 2.05) is 38.1 Å². The predicted octanol–water partition coefficient (Wildman–Crippen LogP) is 3.08. The summed E-state index contributed by atoms with van der Waals surface area (Å²) in [4.78, 5) is 15.9. The zero-order valence-corrected chi connectivity index (χ0v) is 13.3. The van der Waals surface area contributed by atoms with Crippen LogP contribution in [0.25, 0.3) is 11.5 Å². The van der Waals surface area contributed by atoms with E-state index in [9.17, 15) is 4.79 Å². The number of aromatic nitrogens is 1. The lowest BCUT2D eigenvalue weighted by Gasteiger charge is -2.11. The minimum absolute atomic E-state index is 0.0256. The second-order valence-electron chi connectivity index (χ2n) is 5.25. The number of hydrogen-bond acceptors (Lipinski definition) is 5. The molecule has 5 nitrogen and oxygen atoms in total. The third kappa shape index (κ3) is 4.43. The lowest BCUT2D eigenvalue weighted by Crippen LogP contribution is -2.28. The molecule has 1 atom stereocenters. The Hall–Kier alpha value is -2.14. The maximum absolute atomic E-state index is 11.4. The molecule has 1 aromatic carbocycles. The maximum Gasteiger partial charge on any atom is 0.307 e. The highest BCUT2D eigenvalue weighted by Gasteiger charge is 2.12. The first kappa shape index (κ1) is 16.2. The Bertz CT molecular complexity index is 622. The summed E-state index contributed by atoms with van der Waals surface area (Å²) in [6, 6.07) is 7.99. The SMILES string of the molecule is CCOC(=O)CC(C)NCc1coc(-c2ccccc2C)n1. The Morgan fingerprint density at radius 3 is 2.91 bits per heavy atom. The molecular formula is C17H22N2O3. The second-order valence-corrected chi connectivity index (χ2v) is 5.25. The molecule has 2 aromatic rings. The molecule has 1 N–H and O–H groups in total. The summed E-state index contributed by atoms with van der Waals surface area (Å²) in [5.41, 5.74) is 2.93. The van der Waals surface area contributed by atoms with Gasteiger partial charge in [-0.05, 0) is 32.4 Å². The first-order valence-corrected chi connectivity index (χ1v) is 7.49. The van der Waals surface area contributed by atoms with Crippen LogP contribution >= 0.6 is 0 Å². The Labute approximate surface area is 130 Å². The normalized spacial score (nSPS) is 12.1. The van der Waals surface area contributed by atoms with Gasteiger partial charge in [-0.2, -0.15) is 0 Å². The Balaban J connectivity index is 1.90. The third-order valence-corrected chi connectivity index (χ3v) is 3.34. The van der Waals surface area contributed by atoms with Crippen molar-refractivity contribution >= 4 is 5.97 Å². The van der Waals surface area contributed by atoms with Gasteiger partial charge in [0.25, 0.3) is 0 Å². The molecule has 0 bridgehead atoms. The van der Waals surface area contributed by atoms with Crippen LogP contribution in [0.2, 0.25) is 0 Å². The molecule has 1 unspecified atom stereocenters. The van der Waals surface area contributed by atoms with E-state index in [0.717, 1.165) is 16.8 Å². The summed E-state index contributed by atoms with van der Waals surface area (Å²) in [7, 11) is 0. The minimum atomic E-state index is -0.191. The van der Waals surface area contributed by atoms with E-state index >= 15 is 0 Å². The molecule has 0 fully saturated rings. The van der Waals surface area contributed by atoms with Gasteiger partial charge in [0.1, 0.15) is 6.26 Å². The summed E-state index contributed by atoms with van der Waals surface area (Å²) in [6.07, 6.45) is 1.99. The zero-order valence-electron chi connectivity index (χ0n) is 13.3. The summed E-state index contributed by atoms with van der Waals surface area (Å²) in [5.74, 6) is 0.427. The quantitative estimate of drug-likeness (QED) is 0.796. The van der Waals surface area contributed by atoms with E-state index in [4.69, 9.17) is 9.15 Å². The molecule has 0 aliphatic carbocycles. The second kappa shape index (κ2) is 7.75. The first-order chi connectivity index (χ1) is 10.6. The lowest BCUT2D eigenvalue weighted by atomic mass is 10.1. The number of oxazole rings is 1. The third-order valence-electron chi connectivity index (χ3n) is 3.34. The monoisotopic (exact) mass is 302 g/mol. The van der Waals surface area contributed by atoms with Gasteiger partial charge < -0.3 is 14.5 Å². The van der Waals surface area contributed by atoms with E-state index in [1.54, 1.807) is 13.2 Å². The highest BCUT2D eigenvalue weighted by atomic mass is 16.5. The molecule has 0 aliphatic rings. The van der Waals surface area contributed by atoms with Crippen LogP contribution in [0.15, 0.2) is 34.9 Å². The fourth-order valence-electron chi connectivity index (χ4n) is 2.15. The largest absolute Gasteiger partial charge is 0.466 e. The summed E-state index contributed by atoms with van der Waals surface area (Å²) in [5, 5.41) is 3.24. The molecule has 2 rings (SSSR count). The van der Waals surface area contributed by atoms with E-state index in [2.05, 4.69) is 10.3 Å². The van der Waals surface area contributed by atoms with Crippen molar-refractivity contribution in [3.63, 3.8) is 0 Å². The van der Waals surface area contributed by atoms with Gasteiger partial charge in [0, 0.05) is 18.2 Å². The van der Waals surface area contributed by atoms with Gasteiger partial charge in [-0.1, -0.05) is 18.2 Å². The minimum Gasteiger partial charge on any atom is -0.466 e. The zero-order chi connectivity index (χ0) is 15.9. The maximum atomic E-state index is 11.4. The molecule has 5 heteroatoms. The number of esters is 1. The Kier molecular flexibility index (Phi) is 5.72. The van der Waals surface area contributed by atoms with Crippen LogP contribution in [0.1, 0.15) is 31.5 Å². The number of benzene rings is 1. The Morgan fingerprint density at radius 1 is 1.41 bits per heavy atom. The molecule has 0 saturated heterocycles. The number of rotatable bonds is 7. The standard InChI is InChI=1S/C17H22N2O3/c1-4-21-16(20)9-13(3)18-10-14-11-22-17(19-14)15-8-6-5-7-12(15)2/h5-8,11,13,18H,4,9-10H2,1-3H3. The molecule has 0 amide bonds. The van der Waals surface area contributed by atoms with E-state index in [1.165, 1.54) is 0 Å². The van der Waals surface area contributed by atoms with Gasteiger partial charge in [-0.15, -0.1) is 0 Å². The molecule has 0 aliphatic heterocycles. The van der Waals surface area contributed by atoms with E-state index in [-0.39, 0.29) is 12.0 Å². The van der Waals surface area contributed by atoms with Crippen LogP contribution in [0.5, 0.6) is 0 Å². The average Bonchev–Trinajstić information content (AvgIpc) is 2.94. The smallest absolute Gasteiger partial charge is 0.307 e. The van der Waals surface area contributed by atoms with E-state index < -0.39 is 0 Å². The van der Waals surface area contributed by atoms with Gasteiger partial charge in [0.15, 0.2) is 0 Å². The van der Waals surface area contributed by atoms with Crippen molar-refractivity contribution in [1.82, 2.24) is 10.3 Å². The van der Waals surface area contributed by atoms with Crippen molar-refractivity contribution in [3.05, 3.63) is 41.8 Å². The average molecular weight is 302 g/mol. The van der Waals surface area contributed by atoms with Crippen LogP contribution in [0, 0.1) is 6.92 Å². The van der Waals surface area contributed by atoms with Gasteiger partial charge >= 0.3 is 5.97 Å². The van der Waals surface area contributed by atoms with E-state index in [0.29, 0.717) is 25.5 Å². The molecule has 1 heterocycles. The number of nitrogens with zero attached hydrogens (tertiary/aromatic N) is 1. The van der Waals surface area contributed by atoms with Crippen molar-refractivity contribution < 1.29 is 13.9 Å². The summed E-state index contributed by atoms with van der Waals surface area (Å²) in [6.45, 7) is 6.74. The highest BCUT2D eigenvalue weighted by Crippen LogP contribution is 2.22. The number of nitrogens with one attached hydrogen (secondary N) is 1. The fraction of sp³-hybridized carbons (Fsp3) is 0.412. The number of carbonyl (C=O) groups excluding carboxylic acids is 1. The summed E-state index contributed by atoms with van der Waals surface area (Å²) >= 11 is 0. The molecule has 118 valence electrons. The van der Waals surface area contributed by atoms with Crippen molar-refractivity contribution in [2.75, 3.05) is 6.61 Å². The fourth-order valence-corrected chi connectivity index (χ4v) is 2.15. The van der Waals surface area contributed by atoms with Gasteiger partial charge in [-0.3, -0.25) is 4.79 Å². The van der Waals surface area contributed by atoms with Crippen molar-refractivity contribution in [3.8, 4) is 11.5 Å². The lowest BCUT2D eigenvalue weighted by molar-refractivity contribution is -0.143. The topological polar surface area (TPSA) is 64.4 Å². The van der Waals surface area contributed by atoms with Crippen molar-refractivity contribution in [2.24, 2.45) is 0 Å². The van der Waals surface area contributed by atoms with Gasteiger partial charge in [0.05, 0.1) is 18.7 Å². The van der Waals surface area contributed by atoms with Crippen molar-refractivity contribution in [1.29, 1.82) is 0 Å². The van der Waals surface area contributed by atoms with Gasteiger partial charge in [0.2, 0.25) is 5.89 Å². The molecule has 0 spiro atoms. The predicted molar refractivity (Wildman–Crippen MR) is 84.2 cm³/mol. The van der Waals surface area contributed by atoms with Gasteiger partial charge in [-0.25, -0.2) is 4.98 Å². The number of aryl methyl sites for hydroxylation is 1. The number of ether oxygens (including phenoxy) is 1. The molecule has 0 radical (unpaired) electrons. The van der Waals surface area contributed by atoms with Crippen molar-refractivity contribution in [2.45, 2.75) is 39.8 Å². The summed E-state index contributed by atoms with van der Waals surface area (Å²) < 4.78 is 10.5. The molecule has 22 heavy (non-hydrogen) atoms. The first-order valence-electron chi connectivity index (χ1n) is 7.49.